The second kappa shape index (κ2) is 9.86. The molecule has 1 aromatic carbocycles. The number of amides is 1. The van der Waals surface area contributed by atoms with Crippen molar-refractivity contribution in [1.29, 1.82) is 0 Å². The van der Waals surface area contributed by atoms with Crippen LogP contribution in [0, 0.1) is 0 Å². The number of ether oxygens (including phenoxy) is 1. The van der Waals surface area contributed by atoms with Gasteiger partial charge in [0.25, 0.3) is 5.91 Å². The second-order valence-electron chi connectivity index (χ2n) is 6.13. The fourth-order valence-electron chi connectivity index (χ4n) is 2.98. The summed E-state index contributed by atoms with van der Waals surface area (Å²) in [6, 6.07) is 7.55. The first kappa shape index (κ1) is 22.1. The first-order valence-corrected chi connectivity index (χ1v) is 9.86. The van der Waals surface area contributed by atoms with Gasteiger partial charge in [-0.2, -0.15) is 5.10 Å². The maximum Gasteiger partial charge on any atom is 0.278 e. The average molecular weight is 424 g/mol. The van der Waals surface area contributed by atoms with E-state index in [0.717, 1.165) is 29.9 Å². The maximum atomic E-state index is 13.2. The minimum absolute atomic E-state index is 0. The third kappa shape index (κ3) is 4.45. The second-order valence-corrected chi connectivity index (χ2v) is 7.14. The first-order chi connectivity index (χ1) is 13.1. The summed E-state index contributed by atoms with van der Waals surface area (Å²) in [5.41, 5.74) is 1.33. The molecular weight excluding hydrogens is 398 g/mol. The molecule has 0 saturated heterocycles. The van der Waals surface area contributed by atoms with Crippen molar-refractivity contribution in [3.05, 3.63) is 36.2 Å². The van der Waals surface area contributed by atoms with Crippen LogP contribution in [0.3, 0.4) is 0 Å². The molecule has 0 atom stereocenters. The Morgan fingerprint density at radius 3 is 2.57 bits per heavy atom. The molecule has 0 aliphatic carbocycles. The lowest BCUT2D eigenvalue weighted by molar-refractivity contribution is 0.0974. The largest absolute Gasteiger partial charge is 0.494 e. The molecule has 0 bridgehead atoms. The van der Waals surface area contributed by atoms with Crippen LogP contribution < -0.4 is 9.64 Å². The standard InChI is InChI=1S/C19H25N5O2S.ClH/c1-5-23(6-2)12-13-24(18(25)14-10-11-20-22(14)3)19-21-17-15(26-4)8-7-9-16(17)27-19;/h7-11H,5-6,12-13H2,1-4H3;1H. The number of rotatable bonds is 8. The predicted octanol–water partition coefficient (Wildman–Crippen LogP) is 3.45. The van der Waals surface area contributed by atoms with E-state index < -0.39 is 0 Å². The molecule has 1 amide bonds. The quantitative estimate of drug-likeness (QED) is 0.555. The van der Waals surface area contributed by atoms with Crippen molar-refractivity contribution >= 4 is 45.0 Å². The Kier molecular flexibility index (Phi) is 7.79. The van der Waals surface area contributed by atoms with Gasteiger partial charge < -0.3 is 9.64 Å². The van der Waals surface area contributed by atoms with Crippen LogP contribution in [0.15, 0.2) is 30.5 Å². The summed E-state index contributed by atoms with van der Waals surface area (Å²) in [6.45, 7) is 7.48. The van der Waals surface area contributed by atoms with Gasteiger partial charge in [-0.25, -0.2) is 4.98 Å². The van der Waals surface area contributed by atoms with E-state index in [4.69, 9.17) is 9.72 Å². The minimum Gasteiger partial charge on any atom is -0.494 e. The molecule has 3 aromatic rings. The Balaban J connectivity index is 0.00000280. The van der Waals surface area contributed by atoms with Gasteiger partial charge in [0.1, 0.15) is 17.0 Å². The normalized spacial score (nSPS) is 10.9. The van der Waals surface area contributed by atoms with Gasteiger partial charge in [-0.15, -0.1) is 12.4 Å². The monoisotopic (exact) mass is 423 g/mol. The van der Waals surface area contributed by atoms with E-state index in [-0.39, 0.29) is 18.3 Å². The van der Waals surface area contributed by atoms with Gasteiger partial charge in [-0.3, -0.25) is 14.4 Å². The number of fused-ring (bicyclic) bond motifs is 1. The Hall–Kier alpha value is -2.16. The van der Waals surface area contributed by atoms with Crippen molar-refractivity contribution in [1.82, 2.24) is 19.7 Å². The number of aromatic nitrogens is 3. The number of hydrogen-bond donors (Lipinski definition) is 0. The maximum absolute atomic E-state index is 13.2. The molecule has 2 heterocycles. The van der Waals surface area contributed by atoms with Gasteiger partial charge in [-0.05, 0) is 31.3 Å². The van der Waals surface area contributed by atoms with Crippen molar-refractivity contribution in [2.24, 2.45) is 7.05 Å². The number of likely N-dealkylation sites (N-methyl/N-ethyl adjacent to an activating group) is 1. The van der Waals surface area contributed by atoms with Crippen LogP contribution >= 0.6 is 23.7 Å². The molecule has 0 N–H and O–H groups in total. The third-order valence-electron chi connectivity index (χ3n) is 4.64. The first-order valence-electron chi connectivity index (χ1n) is 9.04. The number of methoxy groups -OCH3 is 1. The Bertz CT molecular complexity index is 922. The summed E-state index contributed by atoms with van der Waals surface area (Å²) < 4.78 is 8.02. The number of hydrogen-bond acceptors (Lipinski definition) is 6. The summed E-state index contributed by atoms with van der Waals surface area (Å²) in [4.78, 5) is 22.0. The number of benzene rings is 1. The number of anilines is 1. The Morgan fingerprint density at radius 2 is 1.96 bits per heavy atom. The zero-order valence-corrected chi connectivity index (χ0v) is 18.2. The highest BCUT2D eigenvalue weighted by Gasteiger charge is 2.24. The van der Waals surface area contributed by atoms with E-state index >= 15 is 0 Å². The lowest BCUT2D eigenvalue weighted by atomic mass is 10.3. The van der Waals surface area contributed by atoms with Crippen molar-refractivity contribution in [2.45, 2.75) is 13.8 Å². The van der Waals surface area contributed by atoms with Gasteiger partial charge in [0.15, 0.2) is 5.13 Å². The van der Waals surface area contributed by atoms with Crippen molar-refractivity contribution < 1.29 is 9.53 Å². The summed E-state index contributed by atoms with van der Waals surface area (Å²) >= 11 is 1.50. The van der Waals surface area contributed by atoms with Crippen LogP contribution in [0.4, 0.5) is 5.13 Å². The minimum atomic E-state index is -0.0971. The molecule has 0 radical (unpaired) electrons. The topological polar surface area (TPSA) is 63.5 Å². The molecule has 7 nitrogen and oxygen atoms in total. The van der Waals surface area contributed by atoms with Crippen LogP contribution in [0.2, 0.25) is 0 Å². The van der Waals surface area contributed by atoms with E-state index in [9.17, 15) is 4.79 Å². The molecule has 2 aromatic heterocycles. The van der Waals surface area contributed by atoms with Crippen molar-refractivity contribution in [3.63, 3.8) is 0 Å². The number of thiazole rings is 1. The van der Waals surface area contributed by atoms with E-state index in [1.165, 1.54) is 11.3 Å². The molecule has 152 valence electrons. The number of aryl methyl sites for hydroxylation is 1. The molecule has 0 aliphatic heterocycles. The van der Waals surface area contributed by atoms with Crippen molar-refractivity contribution in [3.8, 4) is 5.75 Å². The van der Waals surface area contributed by atoms with Crippen molar-refractivity contribution in [2.75, 3.05) is 38.2 Å². The number of para-hydroxylation sites is 1. The van der Waals surface area contributed by atoms with Gasteiger partial charge in [0.05, 0.1) is 11.8 Å². The van der Waals surface area contributed by atoms with Crippen LogP contribution in [0.5, 0.6) is 5.75 Å². The summed E-state index contributed by atoms with van der Waals surface area (Å²) in [5.74, 6) is 0.617. The number of halogens is 1. The van der Waals surface area contributed by atoms with Gasteiger partial charge in [0.2, 0.25) is 0 Å². The smallest absolute Gasteiger partial charge is 0.278 e. The van der Waals surface area contributed by atoms with E-state index in [1.54, 1.807) is 36.0 Å². The number of carbonyl (C=O) groups is 1. The fraction of sp³-hybridized carbons (Fsp3) is 0.421. The Labute approximate surface area is 175 Å². The molecule has 28 heavy (non-hydrogen) atoms. The van der Waals surface area contributed by atoms with Crippen LogP contribution in [0.25, 0.3) is 10.2 Å². The van der Waals surface area contributed by atoms with Crippen LogP contribution in [-0.4, -0.2) is 58.9 Å². The zero-order valence-electron chi connectivity index (χ0n) is 16.6. The van der Waals surface area contributed by atoms with E-state index in [0.29, 0.717) is 23.1 Å². The third-order valence-corrected chi connectivity index (χ3v) is 5.68. The summed E-state index contributed by atoms with van der Waals surface area (Å²) in [5, 5.41) is 4.81. The number of carbonyl (C=O) groups excluding carboxylic acids is 1. The van der Waals surface area contributed by atoms with Gasteiger partial charge in [-0.1, -0.05) is 31.3 Å². The van der Waals surface area contributed by atoms with Crippen LogP contribution in [0.1, 0.15) is 24.3 Å². The predicted molar refractivity (Wildman–Crippen MR) is 116 cm³/mol. The fourth-order valence-corrected chi connectivity index (χ4v) is 3.99. The van der Waals surface area contributed by atoms with Gasteiger partial charge in [0, 0.05) is 26.3 Å². The molecule has 0 spiro atoms. The lowest BCUT2D eigenvalue weighted by Crippen LogP contribution is -2.39. The molecular formula is C19H26ClN5O2S. The van der Waals surface area contributed by atoms with Gasteiger partial charge >= 0.3 is 0 Å². The van der Waals surface area contributed by atoms with E-state index in [2.05, 4.69) is 23.8 Å². The summed E-state index contributed by atoms with van der Waals surface area (Å²) in [6.07, 6.45) is 1.64. The molecule has 3 rings (SSSR count). The molecule has 9 heteroatoms. The molecule has 0 unspecified atom stereocenters. The Morgan fingerprint density at radius 1 is 1.21 bits per heavy atom. The SMILES string of the molecule is CCN(CC)CCN(C(=O)c1ccnn1C)c1nc2c(OC)cccc2s1.Cl. The molecule has 0 aliphatic rings. The lowest BCUT2D eigenvalue weighted by Gasteiger charge is -2.24. The molecule has 0 saturated carbocycles. The average Bonchev–Trinajstić information content (AvgIpc) is 3.30. The summed E-state index contributed by atoms with van der Waals surface area (Å²) in [7, 11) is 3.41. The van der Waals surface area contributed by atoms with E-state index in [1.807, 2.05) is 18.2 Å². The number of nitrogens with zero attached hydrogens (tertiary/aromatic N) is 5. The highest BCUT2D eigenvalue weighted by atomic mass is 35.5. The van der Waals surface area contributed by atoms with Crippen LogP contribution in [-0.2, 0) is 7.05 Å². The highest BCUT2D eigenvalue weighted by molar-refractivity contribution is 7.22. The molecule has 0 fully saturated rings. The highest BCUT2D eigenvalue weighted by Crippen LogP contribution is 2.34. The zero-order chi connectivity index (χ0) is 19.4.